The van der Waals surface area contributed by atoms with Crippen LogP contribution in [0.25, 0.3) is 5.69 Å². The van der Waals surface area contributed by atoms with E-state index in [1.165, 1.54) is 5.56 Å². The molecule has 1 amide bonds. The zero-order valence-electron chi connectivity index (χ0n) is 23.2. The number of aromatic nitrogens is 4. The molecule has 7 heteroatoms. The van der Waals surface area contributed by atoms with Crippen LogP contribution in [0.15, 0.2) is 66.7 Å². The molecule has 1 atom stereocenters. The predicted octanol–water partition coefficient (Wildman–Crippen LogP) is 6.42. The number of carbonyl (C=O) groups is 1. The molecule has 0 bridgehead atoms. The van der Waals surface area contributed by atoms with E-state index in [2.05, 4.69) is 75.6 Å². The van der Waals surface area contributed by atoms with Crippen molar-refractivity contribution in [2.24, 2.45) is 0 Å². The number of amides is 1. The van der Waals surface area contributed by atoms with Crippen LogP contribution < -0.4 is 10.6 Å². The Labute approximate surface area is 225 Å². The lowest BCUT2D eigenvalue weighted by atomic mass is 9.87. The Hall–Kier alpha value is -3.87. The number of hydrogen-bond acceptors (Lipinski definition) is 4. The molecule has 198 valence electrons. The van der Waals surface area contributed by atoms with Crippen molar-refractivity contribution >= 4 is 11.7 Å². The van der Waals surface area contributed by atoms with Gasteiger partial charge in [-0.3, -0.25) is 4.79 Å². The Morgan fingerprint density at radius 3 is 2.29 bits per heavy atom. The molecule has 7 nitrogen and oxygen atoms in total. The Balaban J connectivity index is 1.51. The molecule has 1 aliphatic heterocycles. The van der Waals surface area contributed by atoms with Gasteiger partial charge in [0.1, 0.15) is 11.4 Å². The Kier molecular flexibility index (Phi) is 6.63. The SMILES string of the molecule is CCC(CC)(NC(=O)c1c(C)nn2c1NC(c1ccccc1)CC2(C)C)c1cc(C)n(-c2ccccc2)n1. The van der Waals surface area contributed by atoms with E-state index in [0.717, 1.165) is 35.0 Å². The third-order valence-electron chi connectivity index (χ3n) is 8.02. The van der Waals surface area contributed by atoms with Crippen LogP contribution in [0.4, 0.5) is 5.82 Å². The summed E-state index contributed by atoms with van der Waals surface area (Å²) in [6.07, 6.45) is 2.30. The van der Waals surface area contributed by atoms with Crippen LogP contribution in [0.1, 0.15) is 86.0 Å². The average Bonchev–Trinajstić information content (AvgIpc) is 3.48. The predicted molar refractivity (Wildman–Crippen MR) is 152 cm³/mol. The van der Waals surface area contributed by atoms with Gasteiger partial charge >= 0.3 is 0 Å². The van der Waals surface area contributed by atoms with Crippen molar-refractivity contribution in [1.82, 2.24) is 24.9 Å². The van der Waals surface area contributed by atoms with Gasteiger partial charge in [-0.15, -0.1) is 0 Å². The van der Waals surface area contributed by atoms with Crippen LogP contribution >= 0.6 is 0 Å². The fourth-order valence-electron chi connectivity index (χ4n) is 5.73. The number of fused-ring (bicyclic) bond motifs is 1. The second-order valence-corrected chi connectivity index (χ2v) is 11.0. The molecule has 0 saturated carbocycles. The number of nitrogens with zero attached hydrogens (tertiary/aromatic N) is 4. The highest BCUT2D eigenvalue weighted by Gasteiger charge is 2.40. The summed E-state index contributed by atoms with van der Waals surface area (Å²) in [5, 5.41) is 16.9. The summed E-state index contributed by atoms with van der Waals surface area (Å²) >= 11 is 0. The molecular formula is C31H38N6O. The average molecular weight is 511 g/mol. The van der Waals surface area contributed by atoms with Gasteiger partial charge < -0.3 is 10.6 Å². The number of rotatable bonds is 7. The molecule has 5 rings (SSSR count). The number of hydrogen-bond donors (Lipinski definition) is 2. The third-order valence-corrected chi connectivity index (χ3v) is 8.02. The first kappa shape index (κ1) is 25.8. The van der Waals surface area contributed by atoms with E-state index in [-0.39, 0.29) is 17.5 Å². The van der Waals surface area contributed by atoms with E-state index in [9.17, 15) is 4.79 Å². The van der Waals surface area contributed by atoms with E-state index >= 15 is 0 Å². The largest absolute Gasteiger partial charge is 0.363 e. The molecule has 0 saturated heterocycles. The summed E-state index contributed by atoms with van der Waals surface area (Å²) in [4.78, 5) is 14.1. The summed E-state index contributed by atoms with van der Waals surface area (Å²) in [5.41, 5.74) is 4.57. The van der Waals surface area contributed by atoms with E-state index in [1.807, 2.05) is 52.7 Å². The summed E-state index contributed by atoms with van der Waals surface area (Å²) in [5.74, 6) is 0.647. The smallest absolute Gasteiger partial charge is 0.257 e. The lowest BCUT2D eigenvalue weighted by molar-refractivity contribution is 0.0886. The van der Waals surface area contributed by atoms with Crippen molar-refractivity contribution < 1.29 is 4.79 Å². The molecule has 0 aliphatic carbocycles. The van der Waals surface area contributed by atoms with Gasteiger partial charge in [0.05, 0.1) is 34.2 Å². The zero-order chi connectivity index (χ0) is 27.1. The van der Waals surface area contributed by atoms with Crippen molar-refractivity contribution in [1.29, 1.82) is 0 Å². The van der Waals surface area contributed by atoms with Gasteiger partial charge in [0.15, 0.2) is 0 Å². The lowest BCUT2D eigenvalue weighted by Gasteiger charge is -2.38. The molecular weight excluding hydrogens is 472 g/mol. The van der Waals surface area contributed by atoms with E-state index in [1.54, 1.807) is 0 Å². The molecule has 3 heterocycles. The lowest BCUT2D eigenvalue weighted by Crippen LogP contribution is -2.46. The van der Waals surface area contributed by atoms with Crippen molar-refractivity contribution in [3.63, 3.8) is 0 Å². The summed E-state index contributed by atoms with van der Waals surface area (Å²) < 4.78 is 3.94. The molecule has 0 spiro atoms. The molecule has 2 aromatic carbocycles. The van der Waals surface area contributed by atoms with Gasteiger partial charge in [0, 0.05) is 5.69 Å². The number of benzene rings is 2. The fraction of sp³-hybridized carbons (Fsp3) is 0.387. The number of aryl methyl sites for hydroxylation is 2. The molecule has 0 radical (unpaired) electrons. The van der Waals surface area contributed by atoms with Gasteiger partial charge in [0.2, 0.25) is 0 Å². The molecule has 0 fully saturated rings. The first-order valence-electron chi connectivity index (χ1n) is 13.6. The number of para-hydroxylation sites is 1. The Morgan fingerprint density at radius 2 is 1.66 bits per heavy atom. The maximum atomic E-state index is 14.1. The molecule has 4 aromatic rings. The van der Waals surface area contributed by atoms with Crippen LogP contribution in [-0.4, -0.2) is 25.5 Å². The highest BCUT2D eigenvalue weighted by molar-refractivity contribution is 6.00. The fourth-order valence-corrected chi connectivity index (χ4v) is 5.73. The first-order valence-corrected chi connectivity index (χ1v) is 13.6. The van der Waals surface area contributed by atoms with Crippen molar-refractivity contribution in [2.45, 2.75) is 77.9 Å². The van der Waals surface area contributed by atoms with Gasteiger partial charge in [-0.25, -0.2) is 9.36 Å². The van der Waals surface area contributed by atoms with E-state index in [4.69, 9.17) is 10.2 Å². The minimum Gasteiger partial charge on any atom is -0.363 e. The van der Waals surface area contributed by atoms with Crippen LogP contribution in [0, 0.1) is 13.8 Å². The highest BCUT2D eigenvalue weighted by atomic mass is 16.2. The van der Waals surface area contributed by atoms with Gasteiger partial charge in [-0.05, 0) is 70.7 Å². The molecule has 2 aromatic heterocycles. The number of nitrogens with one attached hydrogen (secondary N) is 2. The van der Waals surface area contributed by atoms with Crippen LogP contribution in [-0.2, 0) is 11.1 Å². The van der Waals surface area contributed by atoms with E-state index < -0.39 is 5.54 Å². The first-order chi connectivity index (χ1) is 18.2. The zero-order valence-corrected chi connectivity index (χ0v) is 23.2. The minimum atomic E-state index is -0.605. The topological polar surface area (TPSA) is 76.8 Å². The van der Waals surface area contributed by atoms with Crippen molar-refractivity contribution in [2.75, 3.05) is 5.32 Å². The Bertz CT molecular complexity index is 1430. The molecule has 1 unspecified atom stereocenters. The van der Waals surface area contributed by atoms with Gasteiger partial charge in [-0.1, -0.05) is 62.4 Å². The van der Waals surface area contributed by atoms with Crippen molar-refractivity contribution in [3.05, 3.63) is 94.9 Å². The molecule has 1 aliphatic rings. The Morgan fingerprint density at radius 1 is 1.03 bits per heavy atom. The second kappa shape index (κ2) is 9.78. The molecule has 2 N–H and O–H groups in total. The second-order valence-electron chi connectivity index (χ2n) is 11.0. The monoisotopic (exact) mass is 510 g/mol. The highest BCUT2D eigenvalue weighted by Crippen LogP contribution is 2.41. The minimum absolute atomic E-state index is 0.0904. The number of carbonyl (C=O) groups excluding carboxylic acids is 1. The van der Waals surface area contributed by atoms with Crippen molar-refractivity contribution in [3.8, 4) is 5.69 Å². The van der Waals surface area contributed by atoms with Gasteiger partial charge in [0.25, 0.3) is 5.91 Å². The maximum absolute atomic E-state index is 14.1. The van der Waals surface area contributed by atoms with Crippen LogP contribution in [0.2, 0.25) is 0 Å². The molecule has 38 heavy (non-hydrogen) atoms. The van der Waals surface area contributed by atoms with E-state index in [0.29, 0.717) is 18.4 Å². The van der Waals surface area contributed by atoms with Crippen LogP contribution in [0.5, 0.6) is 0 Å². The normalized spacial score (nSPS) is 16.5. The third kappa shape index (κ3) is 4.40. The van der Waals surface area contributed by atoms with Gasteiger partial charge in [-0.2, -0.15) is 10.2 Å². The summed E-state index contributed by atoms with van der Waals surface area (Å²) in [6.45, 7) is 12.5. The quantitative estimate of drug-likeness (QED) is 0.301. The standard InChI is InChI=1S/C31H38N6O/c1-7-31(8-2,26-19-21(3)36(35-26)24-17-13-10-14-18-24)33-29(38)27-22(4)34-37-28(27)32-25(20-30(37,5)6)23-15-11-9-12-16-23/h9-19,25,32H,7-8,20H2,1-6H3,(H,33,38). The van der Waals surface area contributed by atoms with Crippen LogP contribution in [0.3, 0.4) is 0 Å². The number of anilines is 1. The summed E-state index contributed by atoms with van der Waals surface area (Å²) in [7, 11) is 0. The summed E-state index contributed by atoms with van der Waals surface area (Å²) in [6, 6.07) is 22.7. The maximum Gasteiger partial charge on any atom is 0.257 e.